The summed E-state index contributed by atoms with van der Waals surface area (Å²) in [4.78, 5) is 26.2. The monoisotopic (exact) mass is 489 g/mol. The molecule has 0 radical (unpaired) electrons. The fraction of sp³-hybridized carbons (Fsp3) is 0.185. The second kappa shape index (κ2) is 11.5. The van der Waals surface area contributed by atoms with Crippen molar-refractivity contribution in [1.29, 1.82) is 0 Å². The zero-order chi connectivity index (χ0) is 24.6. The summed E-state index contributed by atoms with van der Waals surface area (Å²) in [5.41, 5.74) is 2.20. The van der Waals surface area contributed by atoms with E-state index in [4.69, 9.17) is 9.47 Å². The molecule has 1 heterocycles. The van der Waals surface area contributed by atoms with Crippen LogP contribution >= 0.6 is 11.8 Å². The molecule has 0 unspecified atom stereocenters. The summed E-state index contributed by atoms with van der Waals surface area (Å²) in [5.74, 6) is 1.14. The zero-order valence-electron chi connectivity index (χ0n) is 19.6. The highest BCUT2D eigenvalue weighted by Gasteiger charge is 2.14. The molecule has 7 nitrogen and oxygen atoms in total. The molecule has 0 aliphatic carbocycles. The van der Waals surface area contributed by atoms with Gasteiger partial charge in [0, 0.05) is 35.1 Å². The second-order valence-corrected chi connectivity index (χ2v) is 8.71. The maximum absolute atomic E-state index is 12.6. The van der Waals surface area contributed by atoms with Crippen LogP contribution in [0.4, 0.5) is 5.69 Å². The summed E-state index contributed by atoms with van der Waals surface area (Å²) in [6.45, 7) is 1.04. The van der Waals surface area contributed by atoms with E-state index in [1.54, 1.807) is 26.4 Å². The van der Waals surface area contributed by atoms with Gasteiger partial charge in [-0.15, -0.1) is 11.8 Å². The molecule has 0 atom stereocenters. The number of carbonyl (C=O) groups excluding carboxylic acids is 2. The first-order chi connectivity index (χ1) is 17.1. The van der Waals surface area contributed by atoms with Crippen molar-refractivity contribution >= 4 is 40.2 Å². The largest absolute Gasteiger partial charge is 0.496 e. The van der Waals surface area contributed by atoms with Gasteiger partial charge in [0.15, 0.2) is 0 Å². The quantitative estimate of drug-likeness (QED) is 0.312. The van der Waals surface area contributed by atoms with Crippen molar-refractivity contribution in [3.8, 4) is 11.5 Å². The highest BCUT2D eigenvalue weighted by Crippen LogP contribution is 2.30. The normalized spacial score (nSPS) is 10.7. The molecule has 0 saturated carbocycles. The molecule has 2 N–H and O–H groups in total. The third-order valence-corrected chi connectivity index (χ3v) is 6.52. The van der Waals surface area contributed by atoms with Gasteiger partial charge in [-0.3, -0.25) is 9.59 Å². The number of hydrogen-bond acceptors (Lipinski definition) is 5. The van der Waals surface area contributed by atoms with Gasteiger partial charge < -0.3 is 24.7 Å². The van der Waals surface area contributed by atoms with Gasteiger partial charge in [0.2, 0.25) is 5.91 Å². The molecule has 8 heteroatoms. The van der Waals surface area contributed by atoms with Crippen molar-refractivity contribution in [2.45, 2.75) is 11.4 Å². The van der Waals surface area contributed by atoms with Crippen LogP contribution in [0.15, 0.2) is 83.9 Å². The van der Waals surface area contributed by atoms with E-state index in [1.807, 2.05) is 66.9 Å². The van der Waals surface area contributed by atoms with Crippen molar-refractivity contribution in [3.63, 3.8) is 0 Å². The van der Waals surface area contributed by atoms with Crippen molar-refractivity contribution in [3.05, 3.63) is 84.6 Å². The zero-order valence-corrected chi connectivity index (χ0v) is 20.4. The number of methoxy groups -OCH3 is 2. The Morgan fingerprint density at radius 1 is 0.886 bits per heavy atom. The number of nitrogens with one attached hydrogen (secondary N) is 2. The Morgan fingerprint density at radius 3 is 2.37 bits per heavy atom. The Hall–Kier alpha value is -3.91. The SMILES string of the molecule is COc1ccccc1NC(=O)CSc1cn(CCNC(=O)c2ccccc2OC)c2ccccc12. The smallest absolute Gasteiger partial charge is 0.255 e. The topological polar surface area (TPSA) is 81.6 Å². The molecule has 0 bridgehead atoms. The molecule has 0 fully saturated rings. The lowest BCUT2D eigenvalue weighted by atomic mass is 10.2. The lowest BCUT2D eigenvalue weighted by Crippen LogP contribution is -2.27. The fourth-order valence-electron chi connectivity index (χ4n) is 3.81. The number of nitrogens with zero attached hydrogens (tertiary/aromatic N) is 1. The average molecular weight is 490 g/mol. The van der Waals surface area contributed by atoms with E-state index in [0.717, 1.165) is 15.8 Å². The summed E-state index contributed by atoms with van der Waals surface area (Å²) in [6.07, 6.45) is 2.03. The number of amides is 2. The Kier molecular flexibility index (Phi) is 7.95. The molecular formula is C27H27N3O4S. The van der Waals surface area contributed by atoms with Gasteiger partial charge in [-0.05, 0) is 30.3 Å². The van der Waals surface area contributed by atoms with E-state index in [-0.39, 0.29) is 17.6 Å². The van der Waals surface area contributed by atoms with E-state index in [2.05, 4.69) is 15.2 Å². The van der Waals surface area contributed by atoms with Crippen LogP contribution in [0.5, 0.6) is 11.5 Å². The number of rotatable bonds is 10. The van der Waals surface area contributed by atoms with Gasteiger partial charge >= 0.3 is 0 Å². The second-order valence-electron chi connectivity index (χ2n) is 7.70. The number of carbonyl (C=O) groups is 2. The lowest BCUT2D eigenvalue weighted by Gasteiger charge is -2.10. The van der Waals surface area contributed by atoms with Crippen LogP contribution in [0.3, 0.4) is 0 Å². The maximum Gasteiger partial charge on any atom is 0.255 e. The van der Waals surface area contributed by atoms with Crippen molar-refractivity contribution in [2.75, 3.05) is 31.8 Å². The molecule has 2 amide bonds. The van der Waals surface area contributed by atoms with Gasteiger partial charge in [0.25, 0.3) is 5.91 Å². The minimum absolute atomic E-state index is 0.111. The molecule has 0 aliphatic rings. The van der Waals surface area contributed by atoms with Crippen LogP contribution in [-0.4, -0.2) is 42.9 Å². The number of ether oxygens (including phenoxy) is 2. The van der Waals surface area contributed by atoms with E-state index in [1.165, 1.54) is 11.8 Å². The van der Waals surface area contributed by atoms with Crippen molar-refractivity contribution < 1.29 is 19.1 Å². The highest BCUT2D eigenvalue weighted by atomic mass is 32.2. The highest BCUT2D eigenvalue weighted by molar-refractivity contribution is 8.00. The van der Waals surface area contributed by atoms with Crippen LogP contribution < -0.4 is 20.1 Å². The predicted octanol–water partition coefficient (Wildman–Crippen LogP) is 4.82. The van der Waals surface area contributed by atoms with Gasteiger partial charge in [0.05, 0.1) is 31.2 Å². The lowest BCUT2D eigenvalue weighted by molar-refractivity contribution is -0.113. The number of benzene rings is 3. The molecule has 3 aromatic carbocycles. The molecular weight excluding hydrogens is 462 g/mol. The number of thioether (sulfide) groups is 1. The number of fused-ring (bicyclic) bond motifs is 1. The standard InChI is InChI=1S/C27H27N3O4S/c1-33-23-13-7-4-10-20(23)27(32)28-15-16-30-17-25(19-9-3-6-12-22(19)30)35-18-26(31)29-21-11-5-8-14-24(21)34-2/h3-14,17H,15-16,18H2,1-2H3,(H,28,32)(H,29,31). The Balaban J connectivity index is 1.40. The van der Waals surface area contributed by atoms with E-state index < -0.39 is 0 Å². The third kappa shape index (κ3) is 5.78. The molecule has 0 spiro atoms. The summed E-state index contributed by atoms with van der Waals surface area (Å²) in [7, 11) is 3.13. The van der Waals surface area contributed by atoms with E-state index >= 15 is 0 Å². The molecule has 35 heavy (non-hydrogen) atoms. The summed E-state index contributed by atoms with van der Waals surface area (Å²) >= 11 is 1.48. The fourth-order valence-corrected chi connectivity index (χ4v) is 4.70. The molecule has 180 valence electrons. The third-order valence-electron chi connectivity index (χ3n) is 5.48. The van der Waals surface area contributed by atoms with Crippen LogP contribution in [0.25, 0.3) is 10.9 Å². The Labute approximate surface area is 208 Å². The first kappa shape index (κ1) is 24.2. The van der Waals surface area contributed by atoms with Crippen LogP contribution in [-0.2, 0) is 11.3 Å². The van der Waals surface area contributed by atoms with Crippen LogP contribution in [0.1, 0.15) is 10.4 Å². The molecule has 1 aromatic heterocycles. The first-order valence-corrected chi connectivity index (χ1v) is 12.1. The average Bonchev–Trinajstić information content (AvgIpc) is 3.25. The van der Waals surface area contributed by atoms with Crippen molar-refractivity contribution in [1.82, 2.24) is 9.88 Å². The molecule has 0 aliphatic heterocycles. The number of para-hydroxylation sites is 4. The van der Waals surface area contributed by atoms with Gasteiger partial charge in [-0.2, -0.15) is 0 Å². The van der Waals surface area contributed by atoms with Crippen LogP contribution in [0.2, 0.25) is 0 Å². The Morgan fingerprint density at radius 2 is 1.57 bits per heavy atom. The minimum atomic E-state index is -0.179. The van der Waals surface area contributed by atoms with Gasteiger partial charge in [0.1, 0.15) is 11.5 Å². The summed E-state index contributed by atoms with van der Waals surface area (Å²) < 4.78 is 12.7. The number of hydrogen-bond donors (Lipinski definition) is 2. The first-order valence-electron chi connectivity index (χ1n) is 11.2. The Bertz CT molecular complexity index is 1340. The minimum Gasteiger partial charge on any atom is -0.496 e. The molecule has 4 aromatic rings. The predicted molar refractivity (Wildman–Crippen MR) is 140 cm³/mol. The molecule has 4 rings (SSSR count). The van der Waals surface area contributed by atoms with Gasteiger partial charge in [-0.25, -0.2) is 0 Å². The van der Waals surface area contributed by atoms with E-state index in [9.17, 15) is 9.59 Å². The summed E-state index contributed by atoms with van der Waals surface area (Å²) in [5, 5.41) is 6.94. The number of anilines is 1. The molecule has 0 saturated heterocycles. The summed E-state index contributed by atoms with van der Waals surface area (Å²) in [6, 6.07) is 22.5. The maximum atomic E-state index is 12.6. The van der Waals surface area contributed by atoms with Gasteiger partial charge in [-0.1, -0.05) is 42.5 Å². The van der Waals surface area contributed by atoms with Crippen molar-refractivity contribution in [2.24, 2.45) is 0 Å². The number of aromatic nitrogens is 1. The van der Waals surface area contributed by atoms with Crippen LogP contribution in [0, 0.1) is 0 Å². The van der Waals surface area contributed by atoms with E-state index in [0.29, 0.717) is 35.8 Å².